The van der Waals surface area contributed by atoms with Crippen molar-refractivity contribution < 1.29 is 132 Å². The smallest absolute Gasteiger partial charge is 0.746 e. The van der Waals surface area contributed by atoms with E-state index >= 15 is 4.57 Å². The van der Waals surface area contributed by atoms with Gasteiger partial charge in [0.25, 0.3) is 0 Å². The first kappa shape index (κ1) is 57.8. The minimum absolute atomic E-state index is 0. The Labute approximate surface area is 440 Å². The molecule has 2 aromatic rings. The number of alkyl halides is 2. The maximum Gasteiger partial charge on any atom is 1.00 e. The maximum atomic E-state index is 15.0. The van der Waals surface area contributed by atoms with Crippen molar-refractivity contribution in [1.82, 2.24) is 9.57 Å². The van der Waals surface area contributed by atoms with Crippen molar-refractivity contribution in [2.45, 2.75) is 68.0 Å². The number of benzene rings is 2. The second kappa shape index (κ2) is 24.1. The summed E-state index contributed by atoms with van der Waals surface area (Å²) in [4.78, 5) is 41.4. The number of ketones is 2. The fourth-order valence-corrected chi connectivity index (χ4v) is 13.7. The number of Topliss-reactive ketones (excluding diaryl/α,β-unsaturated/α-hetero) is 2. The van der Waals surface area contributed by atoms with Crippen molar-refractivity contribution in [2.75, 3.05) is 83.3 Å². The van der Waals surface area contributed by atoms with Crippen LogP contribution in [0.4, 0.5) is 20.2 Å². The van der Waals surface area contributed by atoms with Crippen LogP contribution in [0.15, 0.2) is 24.3 Å². The SMILES string of the molecule is COc1cc2c(cc1OCCP(=O)(CCOc1cc3c(cc1OC)C(=O)C1C[C@@H](F)C[C@H]1[C@H](S(=O)(=O)[O-])N3)N(C)CCCN(C)C(=O)CCCS)N[C@@H](S(=O)(=O)[O-])[C@@H]1C[C@H](F)CC1C2=O.[Na+].[Na+]. The van der Waals surface area contributed by atoms with Crippen LogP contribution in [-0.2, 0) is 29.6 Å². The van der Waals surface area contributed by atoms with Crippen LogP contribution in [0, 0.1) is 23.7 Å². The average molecular weight is 1040 g/mol. The van der Waals surface area contributed by atoms with E-state index in [2.05, 4.69) is 23.3 Å². The number of carbonyl (C=O) groups excluding carboxylic acids is 3. The summed E-state index contributed by atoms with van der Waals surface area (Å²) >= 11 is 4.17. The molecule has 18 nitrogen and oxygen atoms in total. The molecule has 26 heteroatoms. The molecular weight excluding hydrogens is 984 g/mol. The molecule has 0 saturated heterocycles. The number of anilines is 2. The Morgan fingerprint density at radius 2 is 1.18 bits per heavy atom. The molecule has 67 heavy (non-hydrogen) atoms. The van der Waals surface area contributed by atoms with Gasteiger partial charge >= 0.3 is 59.1 Å². The van der Waals surface area contributed by atoms with Crippen LogP contribution >= 0.6 is 19.9 Å². The van der Waals surface area contributed by atoms with Gasteiger partial charge in [0.2, 0.25) is 5.91 Å². The van der Waals surface area contributed by atoms with Crippen LogP contribution in [0.25, 0.3) is 0 Å². The number of methoxy groups -OCH3 is 2. The summed E-state index contributed by atoms with van der Waals surface area (Å²) in [6.45, 7) is 0.197. The molecule has 1 amide bonds. The molecule has 2 N–H and O–H groups in total. The van der Waals surface area contributed by atoms with Gasteiger partial charge in [-0.1, -0.05) is 0 Å². The molecule has 2 aromatic carbocycles. The molecule has 4 aliphatic rings. The monoisotopic (exact) mass is 1040 g/mol. The third kappa shape index (κ3) is 13.4. The third-order valence-electron chi connectivity index (χ3n) is 12.9. The summed E-state index contributed by atoms with van der Waals surface area (Å²) in [6.07, 6.45) is -2.81. The predicted octanol–water partition coefficient (Wildman–Crippen LogP) is -1.37. The molecular formula is C41H55F2N4Na2O14PS3. The van der Waals surface area contributed by atoms with Gasteiger partial charge in [0.15, 0.2) is 41.9 Å². The molecule has 8 atom stereocenters. The average Bonchev–Trinajstić information content (AvgIpc) is 3.77. The number of nitrogens with zero attached hydrogens (tertiary/aromatic N) is 2. The molecule has 2 aliphatic heterocycles. The molecule has 2 aliphatic carbocycles. The van der Waals surface area contributed by atoms with Gasteiger partial charge in [-0.05, 0) is 63.5 Å². The number of halogens is 2. The second-order valence-corrected chi connectivity index (χ2v) is 23.7. The first-order valence-corrected chi connectivity index (χ1v) is 26.8. The van der Waals surface area contributed by atoms with Crippen molar-refractivity contribution in [3.8, 4) is 23.0 Å². The zero-order valence-corrected chi connectivity index (χ0v) is 45.8. The maximum absolute atomic E-state index is 15.0. The molecule has 0 bridgehead atoms. The Balaban J connectivity index is 0.00000490. The van der Waals surface area contributed by atoms with Gasteiger partial charge in [0, 0.05) is 97.2 Å². The van der Waals surface area contributed by atoms with Gasteiger partial charge in [0.1, 0.15) is 43.3 Å². The van der Waals surface area contributed by atoms with Crippen LogP contribution in [0.2, 0.25) is 0 Å². The number of rotatable bonds is 20. The van der Waals surface area contributed by atoms with Crippen molar-refractivity contribution in [3.05, 3.63) is 35.4 Å². The van der Waals surface area contributed by atoms with Crippen molar-refractivity contribution in [2.24, 2.45) is 23.7 Å². The van der Waals surface area contributed by atoms with Crippen LogP contribution in [0.3, 0.4) is 0 Å². The van der Waals surface area contributed by atoms with Crippen LogP contribution in [-0.4, -0.2) is 149 Å². The zero-order chi connectivity index (χ0) is 47.6. The number of amides is 1. The summed E-state index contributed by atoms with van der Waals surface area (Å²) in [7, 11) is -7.64. The number of hydrogen-bond donors (Lipinski definition) is 3. The van der Waals surface area contributed by atoms with Crippen molar-refractivity contribution >= 4 is 69.0 Å². The van der Waals surface area contributed by atoms with E-state index in [1.807, 2.05) is 0 Å². The Bertz CT molecular complexity index is 2270. The van der Waals surface area contributed by atoms with Crippen LogP contribution in [0.1, 0.15) is 65.7 Å². The molecule has 2 heterocycles. The minimum atomic E-state index is -5.05. The number of fused-ring (bicyclic) bond motifs is 4. The van der Waals surface area contributed by atoms with Gasteiger partial charge < -0.3 is 48.2 Å². The van der Waals surface area contributed by atoms with Crippen molar-refractivity contribution in [1.29, 1.82) is 0 Å². The largest absolute Gasteiger partial charge is 1.00 e. The van der Waals surface area contributed by atoms with E-state index in [0.29, 0.717) is 31.6 Å². The van der Waals surface area contributed by atoms with Crippen LogP contribution < -0.4 is 88.7 Å². The number of thiol groups is 1. The van der Waals surface area contributed by atoms with E-state index in [-0.39, 0.29) is 168 Å². The van der Waals surface area contributed by atoms with E-state index in [4.69, 9.17) is 18.9 Å². The first-order chi connectivity index (χ1) is 30.6. The molecule has 6 rings (SSSR count). The summed E-state index contributed by atoms with van der Waals surface area (Å²) in [5.41, 5.74) is -0.0612. The van der Waals surface area contributed by atoms with Crippen molar-refractivity contribution in [3.63, 3.8) is 0 Å². The van der Waals surface area contributed by atoms with E-state index < -0.39 is 85.9 Å². The van der Waals surface area contributed by atoms with Gasteiger partial charge in [-0.15, -0.1) is 0 Å². The fraction of sp³-hybridized carbons (Fsp3) is 0.634. The molecule has 362 valence electrons. The van der Waals surface area contributed by atoms with Crippen LogP contribution in [0.5, 0.6) is 23.0 Å². The summed E-state index contributed by atoms with van der Waals surface area (Å²) in [5, 5.41) is 1.75. The summed E-state index contributed by atoms with van der Waals surface area (Å²) in [6, 6.07) is 5.27. The molecule has 0 aromatic heterocycles. The van der Waals surface area contributed by atoms with E-state index in [9.17, 15) is 49.1 Å². The first-order valence-electron chi connectivity index (χ1n) is 21.2. The summed E-state index contributed by atoms with van der Waals surface area (Å²) < 4.78 is 143. The van der Waals surface area contributed by atoms with Gasteiger partial charge in [0.05, 0.1) is 27.4 Å². The van der Waals surface area contributed by atoms with Gasteiger partial charge in [-0.25, -0.2) is 25.6 Å². The standard InChI is InChI=1S/C41H57F2N4O14PS3.2Na/c1-46(37(48)7-5-14-63)8-6-9-47(2)62(51,12-10-60-35-21-31-29(19-33(35)58-3)38(49)25-15-23(42)17-27(25)40(44-31)64(52,53)54)13-11-61-36-22-32-30(20-34(36)59-4)39(50)26-16-24(43)18-28(26)41(45-32)65(55,56)57;;/h19-28,40-41,44-45,63H,5-18H2,1-4H3,(H,52,53,54)(H,55,56,57);;/q;2*+1/p-2/t23-,24-,25?,26?,27-,28-,40+,41+,62?;;/m1../s1. The van der Waals surface area contributed by atoms with Gasteiger partial charge in [-0.2, -0.15) is 12.6 Å². The fourth-order valence-electron chi connectivity index (χ4n) is 9.40. The quantitative estimate of drug-likeness (QED) is 0.0599. The topological polar surface area (TPSA) is 250 Å². The Kier molecular flexibility index (Phi) is 20.8. The molecule has 2 unspecified atom stereocenters. The third-order valence-corrected chi connectivity index (χ3v) is 18.6. The summed E-state index contributed by atoms with van der Waals surface area (Å²) in [5.74, 6) is -4.73. The number of hydrogen-bond acceptors (Lipinski definition) is 17. The Morgan fingerprint density at radius 1 is 0.746 bits per heavy atom. The minimum Gasteiger partial charge on any atom is -0.746 e. The molecule has 2 fully saturated rings. The molecule has 2 saturated carbocycles. The number of nitrogens with one attached hydrogen (secondary N) is 2. The van der Waals surface area contributed by atoms with E-state index in [1.54, 1.807) is 23.7 Å². The van der Waals surface area contributed by atoms with E-state index in [1.165, 1.54) is 38.5 Å². The zero-order valence-electron chi connectivity index (χ0n) is 38.4. The van der Waals surface area contributed by atoms with E-state index in [0.717, 1.165) is 0 Å². The second-order valence-electron chi connectivity index (χ2n) is 17.0. The molecule has 0 spiro atoms. The number of ether oxygens (including phenoxy) is 4. The normalized spacial score (nSPS) is 25.2. The number of carbonyl (C=O) groups is 3. The Morgan fingerprint density at radius 3 is 1.57 bits per heavy atom. The molecule has 0 radical (unpaired) electrons. The Hall–Kier alpha value is -1.73. The predicted molar refractivity (Wildman–Crippen MR) is 237 cm³/mol. The van der Waals surface area contributed by atoms with Gasteiger partial charge in [-0.3, -0.25) is 19.1 Å².